The summed E-state index contributed by atoms with van der Waals surface area (Å²) in [6.45, 7) is 2.65. The van der Waals surface area contributed by atoms with E-state index in [1.165, 1.54) is 11.1 Å². The molecule has 0 aliphatic carbocycles. The Balaban J connectivity index is 1.91. The first kappa shape index (κ1) is 15.0. The van der Waals surface area contributed by atoms with E-state index in [0.29, 0.717) is 6.54 Å². The molecule has 0 unspecified atom stereocenters. The quantitative estimate of drug-likeness (QED) is 0.845. The van der Waals surface area contributed by atoms with Crippen LogP contribution in [0.2, 0.25) is 5.02 Å². The van der Waals surface area contributed by atoms with Crippen molar-refractivity contribution in [2.45, 2.75) is 13.0 Å². The lowest BCUT2D eigenvalue weighted by atomic mass is 10.1. The average Bonchev–Trinajstić information content (AvgIpc) is 2.48. The molecular formula is C17H20ClNO. The van der Waals surface area contributed by atoms with E-state index in [-0.39, 0.29) is 6.61 Å². The van der Waals surface area contributed by atoms with Crippen LogP contribution in [0.15, 0.2) is 54.6 Å². The van der Waals surface area contributed by atoms with Crippen LogP contribution >= 0.6 is 11.6 Å². The molecular weight excluding hydrogens is 270 g/mol. The lowest BCUT2D eigenvalue weighted by Gasteiger charge is -2.21. The van der Waals surface area contributed by atoms with Crippen molar-refractivity contribution in [3.8, 4) is 0 Å². The summed E-state index contributed by atoms with van der Waals surface area (Å²) in [4.78, 5) is 2.26. The average molecular weight is 290 g/mol. The third kappa shape index (κ3) is 4.97. The van der Waals surface area contributed by atoms with Crippen molar-refractivity contribution in [3.05, 3.63) is 70.7 Å². The monoisotopic (exact) mass is 289 g/mol. The van der Waals surface area contributed by atoms with Crippen LogP contribution in [-0.4, -0.2) is 29.7 Å². The Labute approximate surface area is 125 Å². The van der Waals surface area contributed by atoms with Gasteiger partial charge in [0.15, 0.2) is 0 Å². The molecule has 3 heteroatoms. The van der Waals surface area contributed by atoms with Crippen LogP contribution in [-0.2, 0) is 13.0 Å². The fraction of sp³-hybridized carbons (Fsp3) is 0.294. The van der Waals surface area contributed by atoms with Crippen molar-refractivity contribution in [1.29, 1.82) is 0 Å². The number of nitrogens with zero attached hydrogens (tertiary/aromatic N) is 1. The van der Waals surface area contributed by atoms with Gasteiger partial charge in [-0.15, -0.1) is 0 Å². The van der Waals surface area contributed by atoms with Gasteiger partial charge in [0.2, 0.25) is 0 Å². The fourth-order valence-corrected chi connectivity index (χ4v) is 2.32. The maximum Gasteiger partial charge on any atom is 0.0558 e. The maximum absolute atomic E-state index is 9.19. The van der Waals surface area contributed by atoms with E-state index in [1.807, 2.05) is 30.3 Å². The molecule has 20 heavy (non-hydrogen) atoms. The molecule has 0 bridgehead atoms. The largest absolute Gasteiger partial charge is 0.395 e. The second-order valence-electron chi connectivity index (χ2n) is 4.86. The number of rotatable bonds is 7. The molecule has 0 saturated heterocycles. The zero-order valence-corrected chi connectivity index (χ0v) is 12.3. The third-order valence-electron chi connectivity index (χ3n) is 3.30. The molecule has 2 aromatic carbocycles. The second-order valence-corrected chi connectivity index (χ2v) is 5.30. The van der Waals surface area contributed by atoms with E-state index in [2.05, 4.69) is 29.2 Å². The summed E-state index contributed by atoms with van der Waals surface area (Å²) in [5.41, 5.74) is 2.54. The van der Waals surface area contributed by atoms with E-state index < -0.39 is 0 Å². The molecule has 0 aliphatic heterocycles. The van der Waals surface area contributed by atoms with Gasteiger partial charge in [-0.3, -0.25) is 4.90 Å². The van der Waals surface area contributed by atoms with E-state index >= 15 is 0 Å². The summed E-state index contributed by atoms with van der Waals surface area (Å²) < 4.78 is 0. The zero-order chi connectivity index (χ0) is 14.2. The highest BCUT2D eigenvalue weighted by Gasteiger charge is 2.06. The normalized spacial score (nSPS) is 10.9. The van der Waals surface area contributed by atoms with Gasteiger partial charge >= 0.3 is 0 Å². The molecule has 0 fully saturated rings. The summed E-state index contributed by atoms with van der Waals surface area (Å²) in [6.07, 6.45) is 0.994. The summed E-state index contributed by atoms with van der Waals surface area (Å²) in [5, 5.41) is 9.95. The molecule has 0 spiro atoms. The number of hydrogen-bond acceptors (Lipinski definition) is 2. The van der Waals surface area contributed by atoms with E-state index in [9.17, 15) is 5.11 Å². The van der Waals surface area contributed by atoms with Gasteiger partial charge in [0.1, 0.15) is 0 Å². The minimum Gasteiger partial charge on any atom is -0.395 e. The number of hydrogen-bond donors (Lipinski definition) is 1. The molecule has 0 atom stereocenters. The standard InChI is InChI=1S/C17H20ClNO/c18-17-8-6-16(7-9-17)14-19(12-13-20)11-10-15-4-2-1-3-5-15/h1-9,20H,10-14H2. The van der Waals surface area contributed by atoms with Gasteiger partial charge in [0, 0.05) is 24.7 Å². The molecule has 0 saturated carbocycles. The molecule has 0 amide bonds. The lowest BCUT2D eigenvalue weighted by molar-refractivity contribution is 0.191. The summed E-state index contributed by atoms with van der Waals surface area (Å²) in [7, 11) is 0. The molecule has 106 valence electrons. The fourth-order valence-electron chi connectivity index (χ4n) is 2.19. The van der Waals surface area contributed by atoms with Gasteiger partial charge < -0.3 is 5.11 Å². The van der Waals surface area contributed by atoms with Gasteiger partial charge in [-0.2, -0.15) is 0 Å². The number of benzene rings is 2. The van der Waals surface area contributed by atoms with Crippen LogP contribution in [0.25, 0.3) is 0 Å². The second kappa shape index (κ2) is 8.05. The molecule has 0 radical (unpaired) electrons. The number of halogens is 1. The van der Waals surface area contributed by atoms with Gasteiger partial charge in [-0.05, 0) is 29.7 Å². The van der Waals surface area contributed by atoms with Crippen LogP contribution in [0.3, 0.4) is 0 Å². The highest BCUT2D eigenvalue weighted by molar-refractivity contribution is 6.30. The first-order valence-corrected chi connectivity index (χ1v) is 7.27. The minimum atomic E-state index is 0.183. The Kier molecular flexibility index (Phi) is 6.06. The van der Waals surface area contributed by atoms with Crippen molar-refractivity contribution >= 4 is 11.6 Å². The van der Waals surface area contributed by atoms with E-state index in [0.717, 1.165) is 24.5 Å². The van der Waals surface area contributed by atoms with Crippen LogP contribution < -0.4 is 0 Å². The van der Waals surface area contributed by atoms with Crippen molar-refractivity contribution in [1.82, 2.24) is 4.90 Å². The van der Waals surface area contributed by atoms with E-state index in [4.69, 9.17) is 11.6 Å². The van der Waals surface area contributed by atoms with Crippen LogP contribution in [0.5, 0.6) is 0 Å². The van der Waals surface area contributed by atoms with Crippen molar-refractivity contribution in [2.24, 2.45) is 0 Å². The lowest BCUT2D eigenvalue weighted by Crippen LogP contribution is -2.28. The predicted octanol–water partition coefficient (Wildman–Crippen LogP) is 3.38. The first-order chi connectivity index (χ1) is 9.78. The molecule has 2 rings (SSSR count). The Hall–Kier alpha value is -1.35. The topological polar surface area (TPSA) is 23.5 Å². The van der Waals surface area contributed by atoms with Gasteiger partial charge in [-0.1, -0.05) is 54.1 Å². The zero-order valence-electron chi connectivity index (χ0n) is 11.5. The number of aliphatic hydroxyl groups is 1. The molecule has 1 N–H and O–H groups in total. The third-order valence-corrected chi connectivity index (χ3v) is 3.55. The van der Waals surface area contributed by atoms with Crippen molar-refractivity contribution < 1.29 is 5.11 Å². The highest BCUT2D eigenvalue weighted by Crippen LogP contribution is 2.12. The van der Waals surface area contributed by atoms with Crippen molar-refractivity contribution in [2.75, 3.05) is 19.7 Å². The summed E-state index contributed by atoms with van der Waals surface area (Å²) in [5.74, 6) is 0. The SMILES string of the molecule is OCCN(CCc1ccccc1)Cc1ccc(Cl)cc1. The summed E-state index contributed by atoms with van der Waals surface area (Å²) in [6, 6.07) is 18.3. The van der Waals surface area contributed by atoms with Crippen LogP contribution in [0, 0.1) is 0 Å². The van der Waals surface area contributed by atoms with Gasteiger partial charge in [0.25, 0.3) is 0 Å². The molecule has 0 aromatic heterocycles. The van der Waals surface area contributed by atoms with Crippen LogP contribution in [0.4, 0.5) is 0 Å². The molecule has 2 aromatic rings. The summed E-state index contributed by atoms with van der Waals surface area (Å²) >= 11 is 5.90. The molecule has 0 heterocycles. The highest BCUT2D eigenvalue weighted by atomic mass is 35.5. The van der Waals surface area contributed by atoms with Gasteiger partial charge in [-0.25, -0.2) is 0 Å². The van der Waals surface area contributed by atoms with E-state index in [1.54, 1.807) is 0 Å². The van der Waals surface area contributed by atoms with Crippen LogP contribution in [0.1, 0.15) is 11.1 Å². The van der Waals surface area contributed by atoms with Gasteiger partial charge in [0.05, 0.1) is 6.61 Å². The Morgan fingerprint density at radius 2 is 1.55 bits per heavy atom. The maximum atomic E-state index is 9.19. The molecule has 2 nitrogen and oxygen atoms in total. The smallest absolute Gasteiger partial charge is 0.0558 e. The molecule has 0 aliphatic rings. The Bertz CT molecular complexity index is 498. The first-order valence-electron chi connectivity index (χ1n) is 6.89. The minimum absolute atomic E-state index is 0.183. The van der Waals surface area contributed by atoms with Crippen molar-refractivity contribution in [3.63, 3.8) is 0 Å². The Morgan fingerprint density at radius 1 is 0.850 bits per heavy atom. The Morgan fingerprint density at radius 3 is 2.20 bits per heavy atom. The predicted molar refractivity (Wildman–Crippen MR) is 84.0 cm³/mol. The number of aliphatic hydroxyl groups excluding tert-OH is 1.